The van der Waals surface area contributed by atoms with Crippen molar-refractivity contribution < 1.29 is 0 Å². The summed E-state index contributed by atoms with van der Waals surface area (Å²) in [5.74, 6) is 0. The van der Waals surface area contributed by atoms with Crippen LogP contribution in [0.15, 0.2) is 24.3 Å². The zero-order chi connectivity index (χ0) is 12.5. The van der Waals surface area contributed by atoms with Gasteiger partial charge >= 0.3 is 0 Å². The van der Waals surface area contributed by atoms with Gasteiger partial charge in [-0.25, -0.2) is 0 Å². The summed E-state index contributed by atoms with van der Waals surface area (Å²) in [4.78, 5) is 2.43. The highest BCUT2D eigenvalue weighted by Crippen LogP contribution is 2.26. The zero-order valence-electron chi connectivity index (χ0n) is 11.5. The highest BCUT2D eigenvalue weighted by molar-refractivity contribution is 5.47. The molecule has 1 aliphatic heterocycles. The first-order chi connectivity index (χ1) is 7.98. The van der Waals surface area contributed by atoms with E-state index in [2.05, 4.69) is 62.3 Å². The van der Waals surface area contributed by atoms with Crippen LogP contribution in [0.25, 0.3) is 0 Å². The predicted octanol–water partition coefficient (Wildman–Crippen LogP) is 2.96. The number of aryl methyl sites for hydroxylation is 1. The fourth-order valence-electron chi connectivity index (χ4n) is 2.66. The minimum Gasteiger partial charge on any atom is -0.371 e. The van der Waals surface area contributed by atoms with E-state index in [9.17, 15) is 0 Å². The minimum absolute atomic E-state index is 0.266. The Labute approximate surface area is 105 Å². The maximum absolute atomic E-state index is 3.58. The predicted molar refractivity (Wildman–Crippen MR) is 74.7 cm³/mol. The molecule has 0 radical (unpaired) electrons. The van der Waals surface area contributed by atoms with E-state index in [-0.39, 0.29) is 5.54 Å². The molecule has 17 heavy (non-hydrogen) atoms. The fraction of sp³-hybridized carbons (Fsp3) is 0.600. The van der Waals surface area contributed by atoms with E-state index < -0.39 is 0 Å². The summed E-state index contributed by atoms with van der Waals surface area (Å²) in [6.45, 7) is 7.84. The van der Waals surface area contributed by atoms with Crippen molar-refractivity contribution in [2.45, 2.75) is 45.2 Å². The van der Waals surface area contributed by atoms with Crippen LogP contribution in [0.1, 0.15) is 32.3 Å². The van der Waals surface area contributed by atoms with Crippen molar-refractivity contribution in [1.82, 2.24) is 5.32 Å². The molecule has 0 bridgehead atoms. The lowest BCUT2D eigenvalue weighted by Gasteiger charge is -2.41. The quantitative estimate of drug-likeness (QED) is 0.843. The maximum Gasteiger partial charge on any atom is 0.0366 e. The Morgan fingerprint density at radius 1 is 1.24 bits per heavy atom. The molecule has 1 aromatic rings. The van der Waals surface area contributed by atoms with Gasteiger partial charge in [-0.05, 0) is 52.3 Å². The molecule has 2 nitrogen and oxygen atoms in total. The van der Waals surface area contributed by atoms with Crippen LogP contribution < -0.4 is 10.2 Å². The monoisotopic (exact) mass is 232 g/mol. The van der Waals surface area contributed by atoms with Crippen LogP contribution in [0.4, 0.5) is 5.69 Å². The lowest BCUT2D eigenvalue weighted by atomic mass is 9.88. The van der Waals surface area contributed by atoms with Crippen LogP contribution in [0.3, 0.4) is 0 Å². The van der Waals surface area contributed by atoms with Crippen molar-refractivity contribution in [3.05, 3.63) is 29.8 Å². The van der Waals surface area contributed by atoms with Crippen molar-refractivity contribution in [1.29, 1.82) is 0 Å². The van der Waals surface area contributed by atoms with E-state index in [1.807, 2.05) is 0 Å². The van der Waals surface area contributed by atoms with Gasteiger partial charge < -0.3 is 10.2 Å². The summed E-state index contributed by atoms with van der Waals surface area (Å²) in [5.41, 5.74) is 2.92. The standard InChI is InChI=1S/C15H24N2/c1-12-5-7-13(8-6-12)17(4)14-9-10-16-15(2,3)11-14/h5-8,14,16H,9-11H2,1-4H3. The number of rotatable bonds is 2. The first-order valence-corrected chi connectivity index (χ1v) is 6.52. The van der Waals surface area contributed by atoms with Gasteiger partial charge in [0.1, 0.15) is 0 Å². The van der Waals surface area contributed by atoms with E-state index >= 15 is 0 Å². The number of nitrogens with one attached hydrogen (secondary N) is 1. The van der Waals surface area contributed by atoms with Gasteiger partial charge in [0, 0.05) is 24.3 Å². The van der Waals surface area contributed by atoms with Crippen LogP contribution >= 0.6 is 0 Å². The van der Waals surface area contributed by atoms with E-state index in [4.69, 9.17) is 0 Å². The molecule has 1 saturated heterocycles. The molecule has 1 aliphatic rings. The van der Waals surface area contributed by atoms with Gasteiger partial charge in [0.25, 0.3) is 0 Å². The zero-order valence-corrected chi connectivity index (χ0v) is 11.5. The highest BCUT2D eigenvalue weighted by Gasteiger charge is 2.29. The van der Waals surface area contributed by atoms with Gasteiger partial charge in [-0.2, -0.15) is 0 Å². The van der Waals surface area contributed by atoms with Crippen molar-refractivity contribution in [2.75, 3.05) is 18.5 Å². The number of nitrogens with zero attached hydrogens (tertiary/aromatic N) is 1. The Morgan fingerprint density at radius 2 is 1.88 bits per heavy atom. The van der Waals surface area contributed by atoms with Gasteiger partial charge in [0.05, 0.1) is 0 Å². The maximum atomic E-state index is 3.58. The number of benzene rings is 1. The summed E-state index contributed by atoms with van der Waals surface area (Å²) in [5, 5.41) is 3.58. The third-order valence-corrected chi connectivity index (χ3v) is 3.82. The van der Waals surface area contributed by atoms with Crippen molar-refractivity contribution in [2.24, 2.45) is 0 Å². The van der Waals surface area contributed by atoms with E-state index in [0.29, 0.717) is 6.04 Å². The van der Waals surface area contributed by atoms with Crippen molar-refractivity contribution in [3.63, 3.8) is 0 Å². The van der Waals surface area contributed by atoms with Crippen molar-refractivity contribution in [3.8, 4) is 0 Å². The SMILES string of the molecule is Cc1ccc(N(C)C2CCNC(C)(C)C2)cc1. The molecule has 0 aliphatic carbocycles. The van der Waals surface area contributed by atoms with Gasteiger partial charge in [-0.3, -0.25) is 0 Å². The summed E-state index contributed by atoms with van der Waals surface area (Å²) in [6.07, 6.45) is 2.44. The van der Waals surface area contributed by atoms with Gasteiger partial charge in [-0.1, -0.05) is 17.7 Å². The Kier molecular flexibility index (Phi) is 3.43. The molecule has 0 amide bonds. The Hall–Kier alpha value is -1.02. The second-order valence-corrected chi connectivity index (χ2v) is 5.90. The molecule has 0 saturated carbocycles. The molecule has 2 rings (SSSR count). The summed E-state index contributed by atoms with van der Waals surface area (Å²) in [7, 11) is 2.22. The molecule has 2 heteroatoms. The van der Waals surface area contributed by atoms with Crippen LogP contribution in [-0.2, 0) is 0 Å². The van der Waals surface area contributed by atoms with Crippen LogP contribution in [-0.4, -0.2) is 25.2 Å². The molecule has 0 aromatic heterocycles. The minimum atomic E-state index is 0.266. The Balaban J connectivity index is 2.09. The number of hydrogen-bond acceptors (Lipinski definition) is 2. The first-order valence-electron chi connectivity index (χ1n) is 6.52. The number of piperidine rings is 1. The molecule has 1 N–H and O–H groups in total. The fourth-order valence-corrected chi connectivity index (χ4v) is 2.66. The first kappa shape index (κ1) is 12.4. The molecular weight excluding hydrogens is 208 g/mol. The van der Waals surface area contributed by atoms with E-state index in [1.54, 1.807) is 0 Å². The third-order valence-electron chi connectivity index (χ3n) is 3.82. The molecule has 1 aromatic carbocycles. The Bertz CT molecular complexity index is 367. The molecule has 1 atom stereocenters. The van der Waals surface area contributed by atoms with E-state index in [0.717, 1.165) is 6.54 Å². The molecule has 1 fully saturated rings. The smallest absolute Gasteiger partial charge is 0.0366 e. The second kappa shape index (κ2) is 4.69. The summed E-state index contributed by atoms with van der Waals surface area (Å²) >= 11 is 0. The summed E-state index contributed by atoms with van der Waals surface area (Å²) in [6, 6.07) is 9.49. The average molecular weight is 232 g/mol. The molecule has 1 heterocycles. The number of hydrogen-bond donors (Lipinski definition) is 1. The third kappa shape index (κ3) is 3.01. The molecular formula is C15H24N2. The van der Waals surface area contributed by atoms with Crippen LogP contribution in [0.5, 0.6) is 0 Å². The van der Waals surface area contributed by atoms with Crippen LogP contribution in [0.2, 0.25) is 0 Å². The second-order valence-electron chi connectivity index (χ2n) is 5.90. The molecule has 94 valence electrons. The number of anilines is 1. The average Bonchev–Trinajstić information content (AvgIpc) is 2.28. The van der Waals surface area contributed by atoms with Gasteiger partial charge in [0.15, 0.2) is 0 Å². The highest BCUT2D eigenvalue weighted by atomic mass is 15.2. The Morgan fingerprint density at radius 3 is 2.47 bits per heavy atom. The van der Waals surface area contributed by atoms with E-state index in [1.165, 1.54) is 24.1 Å². The van der Waals surface area contributed by atoms with Crippen LogP contribution in [0, 0.1) is 6.92 Å². The van der Waals surface area contributed by atoms with Gasteiger partial charge in [-0.15, -0.1) is 0 Å². The van der Waals surface area contributed by atoms with Crippen molar-refractivity contribution >= 4 is 5.69 Å². The largest absolute Gasteiger partial charge is 0.371 e. The molecule has 1 unspecified atom stereocenters. The summed E-state index contributed by atoms with van der Waals surface area (Å²) < 4.78 is 0. The lowest BCUT2D eigenvalue weighted by molar-refractivity contribution is 0.272. The normalized spacial score (nSPS) is 23.4. The lowest BCUT2D eigenvalue weighted by Crippen LogP contribution is -2.52. The molecule has 0 spiro atoms. The topological polar surface area (TPSA) is 15.3 Å². The van der Waals surface area contributed by atoms with Gasteiger partial charge in [0.2, 0.25) is 0 Å².